The first-order valence-electron chi connectivity index (χ1n) is 10.3. The molecule has 1 aliphatic heterocycles. The minimum atomic E-state index is -0.685. The molecule has 0 saturated carbocycles. The number of hydrogen-bond acceptors (Lipinski definition) is 5. The van der Waals surface area contributed by atoms with Crippen molar-refractivity contribution in [3.63, 3.8) is 0 Å². The smallest absolute Gasteiger partial charge is 0.296 e. The van der Waals surface area contributed by atoms with Crippen LogP contribution < -0.4 is 15.1 Å². The summed E-state index contributed by atoms with van der Waals surface area (Å²) in [6.07, 6.45) is 1.67. The molecular weight excluding hydrogens is 484 g/mol. The van der Waals surface area contributed by atoms with Gasteiger partial charge in [-0.25, -0.2) is 4.98 Å². The van der Waals surface area contributed by atoms with Gasteiger partial charge in [-0.2, -0.15) is 0 Å². The van der Waals surface area contributed by atoms with Gasteiger partial charge >= 0.3 is 0 Å². The van der Waals surface area contributed by atoms with E-state index in [1.54, 1.807) is 30.3 Å². The molecule has 2 aromatic carbocycles. The van der Waals surface area contributed by atoms with Crippen molar-refractivity contribution < 1.29 is 13.9 Å². The number of ether oxygens (including phenoxy) is 1. The number of aromatic nitrogens is 1. The SMILES string of the molecule is C=CCOc1ccc(C2c3c(oc4ccc(Br)cc4c3=O)C(=O)N2c2cccc(C)n2)cc1. The van der Waals surface area contributed by atoms with E-state index in [4.69, 9.17) is 9.15 Å². The molecule has 3 heterocycles. The molecule has 6 nitrogen and oxygen atoms in total. The highest BCUT2D eigenvalue weighted by molar-refractivity contribution is 9.10. The summed E-state index contributed by atoms with van der Waals surface area (Å²) in [7, 11) is 0. The van der Waals surface area contributed by atoms with Gasteiger partial charge in [0.1, 0.15) is 23.8 Å². The van der Waals surface area contributed by atoms with Crippen LogP contribution in [0.15, 0.2) is 87.0 Å². The highest BCUT2D eigenvalue weighted by Crippen LogP contribution is 2.41. The standard InChI is InChI=1S/C26H19BrN2O4/c1-3-13-32-18-10-7-16(8-11-18)23-22-24(30)19-14-17(27)9-12-20(19)33-25(22)26(31)29(23)21-6-4-5-15(2)28-21/h3-12,14,23H,1,13H2,2H3. The number of carbonyl (C=O) groups excluding carboxylic acids is 1. The highest BCUT2D eigenvalue weighted by atomic mass is 79.9. The zero-order valence-electron chi connectivity index (χ0n) is 17.7. The Balaban J connectivity index is 1.73. The molecule has 7 heteroatoms. The first kappa shape index (κ1) is 21.2. The third kappa shape index (κ3) is 3.64. The summed E-state index contributed by atoms with van der Waals surface area (Å²) in [4.78, 5) is 33.3. The van der Waals surface area contributed by atoms with E-state index >= 15 is 0 Å². The minimum absolute atomic E-state index is 0.0371. The van der Waals surface area contributed by atoms with Crippen molar-refractivity contribution in [3.8, 4) is 5.75 Å². The number of nitrogens with zero attached hydrogens (tertiary/aromatic N) is 2. The van der Waals surface area contributed by atoms with E-state index in [2.05, 4.69) is 27.5 Å². The van der Waals surface area contributed by atoms with Gasteiger partial charge in [-0.3, -0.25) is 14.5 Å². The van der Waals surface area contributed by atoms with Crippen LogP contribution >= 0.6 is 15.9 Å². The second-order valence-electron chi connectivity index (χ2n) is 7.70. The zero-order chi connectivity index (χ0) is 23.1. The molecule has 0 N–H and O–H groups in total. The summed E-state index contributed by atoms with van der Waals surface area (Å²) in [6.45, 7) is 5.89. The largest absolute Gasteiger partial charge is 0.490 e. The maximum absolute atomic E-state index is 13.6. The second kappa shape index (κ2) is 8.33. The van der Waals surface area contributed by atoms with Gasteiger partial charge in [-0.15, -0.1) is 0 Å². The van der Waals surface area contributed by atoms with Crippen LogP contribution in [0.25, 0.3) is 11.0 Å². The van der Waals surface area contributed by atoms with Crippen molar-refractivity contribution in [3.05, 3.63) is 111 Å². The summed E-state index contributed by atoms with van der Waals surface area (Å²) in [5.74, 6) is 0.753. The van der Waals surface area contributed by atoms with Gasteiger partial charge in [0.25, 0.3) is 5.91 Å². The predicted octanol–water partition coefficient (Wildman–Crippen LogP) is 5.57. The van der Waals surface area contributed by atoms with Crippen LogP contribution in [0.2, 0.25) is 0 Å². The minimum Gasteiger partial charge on any atom is -0.490 e. The van der Waals surface area contributed by atoms with Crippen LogP contribution in [0.4, 0.5) is 5.82 Å². The molecule has 4 aromatic rings. The summed E-state index contributed by atoms with van der Waals surface area (Å²) in [6, 6.07) is 17.2. The number of benzene rings is 2. The topological polar surface area (TPSA) is 72.6 Å². The number of aryl methyl sites for hydroxylation is 1. The molecule has 0 fully saturated rings. The number of fused-ring (bicyclic) bond motifs is 2. The molecular formula is C26H19BrN2O4. The molecule has 0 saturated heterocycles. The summed E-state index contributed by atoms with van der Waals surface area (Å²) in [5.41, 5.74) is 1.93. The van der Waals surface area contributed by atoms with Crippen LogP contribution in [0.1, 0.15) is 33.4 Å². The normalized spacial score (nSPS) is 15.0. The predicted molar refractivity (Wildman–Crippen MR) is 130 cm³/mol. The molecule has 0 bridgehead atoms. The fraction of sp³-hybridized carbons (Fsp3) is 0.115. The number of halogens is 1. The average Bonchev–Trinajstić information content (AvgIpc) is 3.11. The molecule has 0 aliphatic carbocycles. The molecule has 1 atom stereocenters. The van der Waals surface area contributed by atoms with Crippen LogP contribution in [-0.4, -0.2) is 17.5 Å². The monoisotopic (exact) mass is 502 g/mol. The number of amides is 1. The summed E-state index contributed by atoms with van der Waals surface area (Å²) >= 11 is 3.42. The number of pyridine rings is 1. The van der Waals surface area contributed by atoms with E-state index in [0.717, 1.165) is 15.7 Å². The second-order valence-corrected chi connectivity index (χ2v) is 8.61. The van der Waals surface area contributed by atoms with Gasteiger partial charge < -0.3 is 9.15 Å². The van der Waals surface area contributed by atoms with E-state index < -0.39 is 11.9 Å². The lowest BCUT2D eigenvalue weighted by molar-refractivity contribution is 0.0970. The van der Waals surface area contributed by atoms with Crippen LogP contribution in [0.5, 0.6) is 5.75 Å². The zero-order valence-corrected chi connectivity index (χ0v) is 19.3. The Labute approximate surface area is 198 Å². The molecule has 164 valence electrons. The maximum atomic E-state index is 13.6. The number of rotatable bonds is 5. The van der Waals surface area contributed by atoms with E-state index in [1.807, 2.05) is 43.3 Å². The van der Waals surface area contributed by atoms with Gasteiger partial charge in [0.2, 0.25) is 5.76 Å². The van der Waals surface area contributed by atoms with E-state index in [0.29, 0.717) is 34.7 Å². The van der Waals surface area contributed by atoms with Crippen LogP contribution in [0.3, 0.4) is 0 Å². The van der Waals surface area contributed by atoms with Crippen molar-refractivity contribution in [1.29, 1.82) is 0 Å². The van der Waals surface area contributed by atoms with Gasteiger partial charge in [0, 0.05) is 10.2 Å². The molecule has 2 aromatic heterocycles. The Hall–Kier alpha value is -3.71. The molecule has 33 heavy (non-hydrogen) atoms. The van der Waals surface area contributed by atoms with E-state index in [9.17, 15) is 9.59 Å². The molecule has 0 radical (unpaired) electrons. The Kier molecular flexibility index (Phi) is 5.34. The lowest BCUT2D eigenvalue weighted by Crippen LogP contribution is -2.30. The Morgan fingerprint density at radius 3 is 2.67 bits per heavy atom. The van der Waals surface area contributed by atoms with Crippen LogP contribution in [0, 0.1) is 6.92 Å². The number of carbonyl (C=O) groups is 1. The first-order valence-corrected chi connectivity index (χ1v) is 11.1. The fourth-order valence-electron chi connectivity index (χ4n) is 4.06. The fourth-order valence-corrected chi connectivity index (χ4v) is 4.42. The third-order valence-electron chi connectivity index (χ3n) is 5.52. The summed E-state index contributed by atoms with van der Waals surface area (Å²) in [5, 5.41) is 0.408. The number of anilines is 1. The van der Waals surface area contributed by atoms with Crippen LogP contribution in [-0.2, 0) is 0 Å². The Morgan fingerprint density at radius 2 is 1.94 bits per heavy atom. The van der Waals surface area contributed by atoms with Gasteiger partial charge in [0.15, 0.2) is 5.43 Å². The van der Waals surface area contributed by atoms with E-state index in [1.165, 1.54) is 4.90 Å². The quantitative estimate of drug-likeness (QED) is 0.333. The lowest BCUT2D eigenvalue weighted by Gasteiger charge is -2.24. The van der Waals surface area contributed by atoms with Crippen molar-refractivity contribution in [2.75, 3.05) is 11.5 Å². The maximum Gasteiger partial charge on any atom is 0.296 e. The van der Waals surface area contributed by atoms with Gasteiger partial charge in [0.05, 0.1) is 17.0 Å². The Bertz CT molecular complexity index is 1460. The van der Waals surface area contributed by atoms with Crippen molar-refractivity contribution in [1.82, 2.24) is 4.98 Å². The average molecular weight is 503 g/mol. The molecule has 1 aliphatic rings. The van der Waals surface area contributed by atoms with E-state index in [-0.39, 0.29) is 11.2 Å². The third-order valence-corrected chi connectivity index (χ3v) is 6.01. The first-order chi connectivity index (χ1) is 16.0. The van der Waals surface area contributed by atoms with Crippen molar-refractivity contribution >= 4 is 38.6 Å². The van der Waals surface area contributed by atoms with Gasteiger partial charge in [-0.1, -0.05) is 46.8 Å². The Morgan fingerprint density at radius 1 is 1.15 bits per heavy atom. The molecule has 5 rings (SSSR count). The highest BCUT2D eigenvalue weighted by Gasteiger charge is 2.44. The van der Waals surface area contributed by atoms with Crippen molar-refractivity contribution in [2.24, 2.45) is 0 Å². The van der Waals surface area contributed by atoms with Gasteiger partial charge in [-0.05, 0) is 55.0 Å². The molecule has 0 spiro atoms. The van der Waals surface area contributed by atoms with Crippen molar-refractivity contribution in [2.45, 2.75) is 13.0 Å². The molecule has 1 amide bonds. The lowest BCUT2D eigenvalue weighted by atomic mass is 9.98. The molecule has 1 unspecified atom stereocenters. The summed E-state index contributed by atoms with van der Waals surface area (Å²) < 4.78 is 12.3. The number of hydrogen-bond donors (Lipinski definition) is 0.